The first-order valence-corrected chi connectivity index (χ1v) is 9.03. The number of thiazole rings is 1. The molecule has 4 rings (SSSR count). The second kappa shape index (κ2) is 6.81. The number of carboxylic acids is 1. The van der Waals surface area contributed by atoms with Crippen molar-refractivity contribution in [2.75, 3.05) is 18.1 Å². The van der Waals surface area contributed by atoms with Crippen molar-refractivity contribution in [2.24, 2.45) is 0 Å². The summed E-state index contributed by atoms with van der Waals surface area (Å²) in [7, 11) is 0. The van der Waals surface area contributed by atoms with E-state index in [1.54, 1.807) is 18.3 Å². The van der Waals surface area contributed by atoms with Crippen molar-refractivity contribution in [3.63, 3.8) is 0 Å². The van der Waals surface area contributed by atoms with E-state index in [0.717, 1.165) is 26.8 Å². The average Bonchev–Trinajstić information content (AvgIpc) is 3.06. The summed E-state index contributed by atoms with van der Waals surface area (Å²) in [6.45, 7) is 1.39. The molecule has 7 nitrogen and oxygen atoms in total. The monoisotopic (exact) mass is 381 g/mol. The number of hydrogen-bond acceptors (Lipinski definition) is 6. The van der Waals surface area contributed by atoms with Gasteiger partial charge in [-0.25, -0.2) is 4.98 Å². The normalized spacial score (nSPS) is 13.2. The highest BCUT2D eigenvalue weighted by Crippen LogP contribution is 2.38. The zero-order chi connectivity index (χ0) is 19.0. The molecule has 3 heterocycles. The largest absolute Gasteiger partial charge is 0.482 e. The minimum Gasteiger partial charge on any atom is -0.482 e. The van der Waals surface area contributed by atoms with Crippen molar-refractivity contribution < 1.29 is 19.4 Å². The number of hydrogen-bond donors (Lipinski definition) is 1. The van der Waals surface area contributed by atoms with Crippen LogP contribution in [-0.2, 0) is 9.59 Å². The highest BCUT2D eigenvalue weighted by molar-refractivity contribution is 7.15. The lowest BCUT2D eigenvalue weighted by atomic mass is 10.1. The Bertz CT molecular complexity index is 1030. The number of carbonyl (C=O) groups is 2. The molecule has 1 aliphatic heterocycles. The van der Waals surface area contributed by atoms with Gasteiger partial charge in [-0.05, 0) is 37.3 Å². The molecule has 136 valence electrons. The summed E-state index contributed by atoms with van der Waals surface area (Å²) < 4.78 is 5.43. The molecule has 0 saturated heterocycles. The predicted octanol–water partition coefficient (Wildman–Crippen LogP) is 2.99. The Balaban J connectivity index is 1.76. The Hall–Kier alpha value is -3.26. The Labute approximate surface area is 158 Å². The van der Waals surface area contributed by atoms with Crippen LogP contribution in [0.3, 0.4) is 0 Å². The lowest BCUT2D eigenvalue weighted by Gasteiger charge is -2.28. The maximum atomic E-state index is 12.1. The number of amides is 1. The van der Waals surface area contributed by atoms with Crippen molar-refractivity contribution >= 4 is 28.9 Å². The van der Waals surface area contributed by atoms with Crippen molar-refractivity contribution in [1.82, 2.24) is 9.97 Å². The number of carboxylic acid groups (broad SMARTS) is 1. The van der Waals surface area contributed by atoms with Gasteiger partial charge in [-0.3, -0.25) is 19.5 Å². The first-order chi connectivity index (χ1) is 13.0. The van der Waals surface area contributed by atoms with E-state index in [1.807, 2.05) is 31.2 Å². The van der Waals surface area contributed by atoms with Crippen LogP contribution in [0.4, 0.5) is 5.69 Å². The molecule has 1 amide bonds. The number of aromatic nitrogens is 2. The van der Waals surface area contributed by atoms with Crippen LogP contribution in [0.5, 0.6) is 5.75 Å². The second-order valence-electron chi connectivity index (χ2n) is 5.98. The fourth-order valence-corrected chi connectivity index (χ4v) is 3.83. The van der Waals surface area contributed by atoms with Gasteiger partial charge in [-0.1, -0.05) is 6.07 Å². The van der Waals surface area contributed by atoms with Gasteiger partial charge in [0.1, 0.15) is 17.3 Å². The molecule has 0 bridgehead atoms. The Morgan fingerprint density at radius 3 is 2.93 bits per heavy atom. The number of pyridine rings is 1. The topological polar surface area (TPSA) is 92.6 Å². The van der Waals surface area contributed by atoms with Gasteiger partial charge < -0.3 is 9.84 Å². The number of aryl methyl sites for hydroxylation is 1. The van der Waals surface area contributed by atoms with Crippen LogP contribution in [0.2, 0.25) is 0 Å². The summed E-state index contributed by atoms with van der Waals surface area (Å²) in [6, 6.07) is 11.0. The summed E-state index contributed by atoms with van der Waals surface area (Å²) in [5, 5.41) is 9.92. The van der Waals surface area contributed by atoms with Crippen molar-refractivity contribution in [2.45, 2.75) is 6.92 Å². The maximum Gasteiger partial charge on any atom is 0.323 e. The summed E-state index contributed by atoms with van der Waals surface area (Å²) >= 11 is 1.53. The van der Waals surface area contributed by atoms with Crippen molar-refractivity contribution in [1.29, 1.82) is 0 Å². The van der Waals surface area contributed by atoms with E-state index in [1.165, 1.54) is 16.2 Å². The van der Waals surface area contributed by atoms with Crippen LogP contribution in [0.1, 0.15) is 4.88 Å². The Morgan fingerprint density at radius 2 is 2.19 bits per heavy atom. The van der Waals surface area contributed by atoms with Gasteiger partial charge in [0.15, 0.2) is 6.61 Å². The number of aliphatic carboxylic acids is 1. The third kappa shape index (κ3) is 3.26. The molecule has 0 saturated carbocycles. The van der Waals surface area contributed by atoms with Crippen LogP contribution in [0, 0.1) is 6.92 Å². The molecule has 1 N–H and O–H groups in total. The summed E-state index contributed by atoms with van der Waals surface area (Å²) in [6.07, 6.45) is 1.72. The summed E-state index contributed by atoms with van der Waals surface area (Å²) in [5.74, 6) is -0.979. The fourth-order valence-electron chi connectivity index (χ4n) is 2.92. The van der Waals surface area contributed by atoms with Gasteiger partial charge in [0.25, 0.3) is 5.91 Å². The zero-order valence-corrected chi connectivity index (χ0v) is 15.2. The fraction of sp³-hybridized carbons (Fsp3) is 0.158. The molecule has 0 aliphatic carbocycles. The Morgan fingerprint density at radius 1 is 1.33 bits per heavy atom. The van der Waals surface area contributed by atoms with Crippen LogP contribution >= 0.6 is 11.3 Å². The number of anilines is 1. The van der Waals surface area contributed by atoms with E-state index >= 15 is 0 Å². The van der Waals surface area contributed by atoms with Gasteiger partial charge in [0, 0.05) is 16.6 Å². The van der Waals surface area contributed by atoms with Crippen molar-refractivity contribution in [3.05, 3.63) is 47.5 Å². The molecule has 27 heavy (non-hydrogen) atoms. The molecule has 2 aromatic heterocycles. The second-order valence-corrected chi connectivity index (χ2v) is 7.19. The molecule has 0 radical (unpaired) electrons. The van der Waals surface area contributed by atoms with Gasteiger partial charge in [0.05, 0.1) is 17.1 Å². The standard InChI is InChI=1S/C19H15N3O4S/c1-11-18(21-19(27-11)13-4-2-3-7-20-13)12-5-6-15-14(8-12)22(9-17(24)25)16(23)10-26-15/h2-8H,9-10H2,1H3,(H,24,25). The van der Waals surface area contributed by atoms with Crippen LogP contribution in [-0.4, -0.2) is 40.1 Å². The number of fused-ring (bicyclic) bond motifs is 1. The van der Waals surface area contributed by atoms with Gasteiger partial charge in [-0.15, -0.1) is 11.3 Å². The molecule has 0 unspecified atom stereocenters. The van der Waals surface area contributed by atoms with Crippen LogP contribution in [0.15, 0.2) is 42.6 Å². The third-order valence-corrected chi connectivity index (χ3v) is 5.14. The van der Waals surface area contributed by atoms with Gasteiger partial charge in [-0.2, -0.15) is 0 Å². The minimum atomic E-state index is -1.08. The number of carbonyl (C=O) groups excluding carboxylic acids is 1. The first kappa shape index (κ1) is 17.2. The minimum absolute atomic E-state index is 0.167. The number of ether oxygens (including phenoxy) is 1. The van der Waals surface area contributed by atoms with E-state index in [9.17, 15) is 9.59 Å². The molecule has 3 aromatic rings. The molecule has 0 atom stereocenters. The quantitative estimate of drug-likeness (QED) is 0.747. The summed E-state index contributed by atoms with van der Waals surface area (Å²) in [4.78, 5) is 34.5. The molecule has 0 fully saturated rings. The van der Waals surface area contributed by atoms with E-state index in [0.29, 0.717) is 11.4 Å². The SMILES string of the molecule is Cc1sc(-c2ccccn2)nc1-c1ccc2c(c1)N(CC(=O)O)C(=O)CO2. The predicted molar refractivity (Wildman–Crippen MR) is 101 cm³/mol. The van der Waals surface area contributed by atoms with Crippen LogP contribution < -0.4 is 9.64 Å². The Kier molecular flexibility index (Phi) is 4.33. The van der Waals surface area contributed by atoms with Crippen molar-refractivity contribution in [3.8, 4) is 27.7 Å². The molecule has 1 aliphatic rings. The molecular formula is C19H15N3O4S. The lowest BCUT2D eigenvalue weighted by Crippen LogP contribution is -2.41. The van der Waals surface area contributed by atoms with E-state index < -0.39 is 12.5 Å². The van der Waals surface area contributed by atoms with E-state index in [2.05, 4.69) is 4.98 Å². The number of nitrogens with zero attached hydrogens (tertiary/aromatic N) is 3. The highest BCUT2D eigenvalue weighted by atomic mass is 32.1. The number of rotatable bonds is 4. The van der Waals surface area contributed by atoms with Gasteiger partial charge >= 0.3 is 5.97 Å². The lowest BCUT2D eigenvalue weighted by molar-refractivity contribution is -0.137. The molecular weight excluding hydrogens is 366 g/mol. The van der Waals surface area contributed by atoms with E-state index in [4.69, 9.17) is 14.8 Å². The van der Waals surface area contributed by atoms with E-state index in [-0.39, 0.29) is 12.5 Å². The average molecular weight is 381 g/mol. The smallest absolute Gasteiger partial charge is 0.323 e. The zero-order valence-electron chi connectivity index (χ0n) is 14.4. The number of benzene rings is 1. The summed E-state index contributed by atoms with van der Waals surface area (Å²) in [5.41, 5.74) is 2.80. The van der Waals surface area contributed by atoms with Gasteiger partial charge in [0.2, 0.25) is 0 Å². The first-order valence-electron chi connectivity index (χ1n) is 8.21. The maximum absolute atomic E-state index is 12.1. The molecule has 0 spiro atoms. The third-order valence-electron chi connectivity index (χ3n) is 4.15. The molecule has 8 heteroatoms. The highest BCUT2D eigenvalue weighted by Gasteiger charge is 2.28. The van der Waals surface area contributed by atoms with Crippen LogP contribution in [0.25, 0.3) is 22.0 Å². The molecule has 1 aromatic carbocycles.